The maximum Gasteiger partial charge on any atom is 0.263 e. The van der Waals surface area contributed by atoms with E-state index in [1.165, 1.54) is 0 Å². The largest absolute Gasteiger partial charge is 0.478 e. The predicted molar refractivity (Wildman–Crippen MR) is 117 cm³/mol. The molecule has 1 N–H and O–H groups in total. The summed E-state index contributed by atoms with van der Waals surface area (Å²) in [6, 6.07) is 13.6. The van der Waals surface area contributed by atoms with Gasteiger partial charge in [-0.1, -0.05) is 25.4 Å². The van der Waals surface area contributed by atoms with Crippen LogP contribution < -0.4 is 10.1 Å². The zero-order valence-electron chi connectivity index (χ0n) is 17.5. The highest BCUT2D eigenvalue weighted by Crippen LogP contribution is 2.21. The summed E-state index contributed by atoms with van der Waals surface area (Å²) in [5.74, 6) is 0.258. The first-order valence-electron chi connectivity index (χ1n) is 9.86. The van der Waals surface area contributed by atoms with Gasteiger partial charge in [-0.25, -0.2) is 0 Å². The van der Waals surface area contributed by atoms with Gasteiger partial charge in [-0.05, 0) is 75.5 Å². The van der Waals surface area contributed by atoms with Gasteiger partial charge < -0.3 is 15.0 Å². The van der Waals surface area contributed by atoms with E-state index in [1.54, 1.807) is 62.4 Å². The number of ketones is 1. The number of benzene rings is 2. The van der Waals surface area contributed by atoms with Crippen LogP contribution in [0.15, 0.2) is 48.5 Å². The van der Waals surface area contributed by atoms with E-state index in [2.05, 4.69) is 24.1 Å². The third kappa shape index (κ3) is 6.58. The lowest BCUT2D eigenvalue weighted by Gasteiger charge is -2.26. The van der Waals surface area contributed by atoms with Crippen molar-refractivity contribution >= 4 is 23.3 Å². The van der Waals surface area contributed by atoms with Crippen LogP contribution in [0.4, 0.5) is 0 Å². The molecule has 0 fully saturated rings. The van der Waals surface area contributed by atoms with E-state index in [1.807, 2.05) is 0 Å². The zero-order chi connectivity index (χ0) is 21.4. The van der Waals surface area contributed by atoms with Crippen molar-refractivity contribution in [3.8, 4) is 5.75 Å². The standard InChI is InChI=1S/C23H29ClN2O3/c1-5-26(6-2)16-15-25-22(28)23(3,4)29-20-13-9-18(10-14-20)21(27)17-7-11-19(24)12-8-17/h7-14H,5-6,15-16H2,1-4H3,(H,25,28). The highest BCUT2D eigenvalue weighted by atomic mass is 35.5. The van der Waals surface area contributed by atoms with Crippen molar-refractivity contribution in [1.82, 2.24) is 10.2 Å². The first kappa shape index (κ1) is 22.9. The van der Waals surface area contributed by atoms with E-state index >= 15 is 0 Å². The minimum absolute atomic E-state index is 0.0957. The predicted octanol–water partition coefficient (Wildman–Crippen LogP) is 4.19. The van der Waals surface area contributed by atoms with Crippen LogP contribution in [0.5, 0.6) is 5.75 Å². The molecule has 0 aromatic heterocycles. The van der Waals surface area contributed by atoms with Crippen LogP contribution in [0, 0.1) is 0 Å². The van der Waals surface area contributed by atoms with Crippen molar-refractivity contribution in [2.45, 2.75) is 33.3 Å². The molecule has 0 saturated carbocycles. The molecule has 0 saturated heterocycles. The van der Waals surface area contributed by atoms with Crippen LogP contribution in [-0.2, 0) is 4.79 Å². The topological polar surface area (TPSA) is 58.6 Å². The number of rotatable bonds is 10. The van der Waals surface area contributed by atoms with Gasteiger partial charge in [0, 0.05) is 29.2 Å². The Labute approximate surface area is 178 Å². The van der Waals surface area contributed by atoms with E-state index in [4.69, 9.17) is 16.3 Å². The molecule has 0 unspecified atom stereocenters. The summed E-state index contributed by atoms with van der Waals surface area (Å²) < 4.78 is 5.88. The molecular formula is C23H29ClN2O3. The number of nitrogens with one attached hydrogen (secondary N) is 1. The Hall–Kier alpha value is -2.37. The summed E-state index contributed by atoms with van der Waals surface area (Å²) in [5, 5.41) is 3.51. The molecule has 29 heavy (non-hydrogen) atoms. The van der Waals surface area contributed by atoms with Crippen molar-refractivity contribution in [2.75, 3.05) is 26.2 Å². The lowest BCUT2D eigenvalue weighted by atomic mass is 10.0. The molecule has 1 amide bonds. The molecule has 2 aromatic carbocycles. The van der Waals surface area contributed by atoms with Gasteiger partial charge in [-0.2, -0.15) is 0 Å². The van der Waals surface area contributed by atoms with Crippen molar-refractivity contribution in [3.05, 3.63) is 64.7 Å². The molecule has 0 bridgehead atoms. The number of carbonyl (C=O) groups excluding carboxylic acids is 2. The second kappa shape index (κ2) is 10.4. The Kier molecular flexibility index (Phi) is 8.23. The third-order valence-corrected chi connectivity index (χ3v) is 5.00. The molecular weight excluding hydrogens is 388 g/mol. The molecule has 2 rings (SSSR count). The van der Waals surface area contributed by atoms with E-state index in [9.17, 15) is 9.59 Å². The van der Waals surface area contributed by atoms with Gasteiger partial charge in [0.15, 0.2) is 11.4 Å². The van der Waals surface area contributed by atoms with Crippen LogP contribution in [-0.4, -0.2) is 48.4 Å². The second-order valence-electron chi connectivity index (χ2n) is 7.26. The average Bonchev–Trinajstić information content (AvgIpc) is 2.71. The highest BCUT2D eigenvalue weighted by molar-refractivity contribution is 6.30. The monoisotopic (exact) mass is 416 g/mol. The third-order valence-electron chi connectivity index (χ3n) is 4.75. The second-order valence-corrected chi connectivity index (χ2v) is 7.69. The maximum absolute atomic E-state index is 12.5. The lowest BCUT2D eigenvalue weighted by molar-refractivity contribution is -0.134. The molecule has 0 heterocycles. The number of halogens is 1. The summed E-state index contributed by atoms with van der Waals surface area (Å²) in [5.41, 5.74) is 0.0856. The number of ether oxygens (including phenoxy) is 1. The summed E-state index contributed by atoms with van der Waals surface area (Å²) >= 11 is 5.87. The minimum Gasteiger partial charge on any atom is -0.478 e. The van der Waals surface area contributed by atoms with Crippen molar-refractivity contribution < 1.29 is 14.3 Å². The minimum atomic E-state index is -1.02. The molecule has 0 aliphatic heterocycles. The van der Waals surface area contributed by atoms with Crippen molar-refractivity contribution in [3.63, 3.8) is 0 Å². The molecule has 0 aliphatic carbocycles. The van der Waals surface area contributed by atoms with Gasteiger partial charge in [0.25, 0.3) is 5.91 Å². The number of amides is 1. The SMILES string of the molecule is CCN(CC)CCNC(=O)C(C)(C)Oc1ccc(C(=O)c2ccc(Cl)cc2)cc1. The van der Waals surface area contributed by atoms with Gasteiger partial charge in [0.1, 0.15) is 5.75 Å². The van der Waals surface area contributed by atoms with Crippen LogP contribution in [0.1, 0.15) is 43.6 Å². The number of nitrogens with zero attached hydrogens (tertiary/aromatic N) is 1. The molecule has 2 aromatic rings. The number of carbonyl (C=O) groups is 2. The Morgan fingerprint density at radius 3 is 2.00 bits per heavy atom. The first-order chi connectivity index (χ1) is 13.8. The van der Waals surface area contributed by atoms with E-state index < -0.39 is 5.60 Å². The number of hydrogen-bond acceptors (Lipinski definition) is 4. The highest BCUT2D eigenvalue weighted by Gasteiger charge is 2.29. The van der Waals surface area contributed by atoms with E-state index in [0.717, 1.165) is 19.6 Å². The van der Waals surface area contributed by atoms with Gasteiger partial charge >= 0.3 is 0 Å². The van der Waals surface area contributed by atoms with Crippen LogP contribution in [0.2, 0.25) is 5.02 Å². The Balaban J connectivity index is 1.95. The summed E-state index contributed by atoms with van der Waals surface area (Å²) in [4.78, 5) is 27.3. The fraction of sp³-hybridized carbons (Fsp3) is 0.391. The van der Waals surface area contributed by atoms with Crippen LogP contribution >= 0.6 is 11.6 Å². The van der Waals surface area contributed by atoms with Gasteiger partial charge in [-0.3, -0.25) is 9.59 Å². The summed E-state index contributed by atoms with van der Waals surface area (Å²) in [6.45, 7) is 10.9. The number of likely N-dealkylation sites (N-methyl/N-ethyl adjacent to an activating group) is 1. The fourth-order valence-electron chi connectivity index (χ4n) is 2.86. The smallest absolute Gasteiger partial charge is 0.263 e. The Morgan fingerprint density at radius 1 is 0.966 bits per heavy atom. The summed E-state index contributed by atoms with van der Waals surface area (Å²) in [6.07, 6.45) is 0. The normalized spacial score (nSPS) is 11.4. The van der Waals surface area contributed by atoms with Crippen LogP contribution in [0.3, 0.4) is 0 Å². The number of hydrogen-bond donors (Lipinski definition) is 1. The molecule has 0 radical (unpaired) electrons. The van der Waals surface area contributed by atoms with Gasteiger partial charge in [0.05, 0.1) is 0 Å². The Morgan fingerprint density at radius 2 is 1.48 bits per heavy atom. The van der Waals surface area contributed by atoms with Gasteiger partial charge in [0.2, 0.25) is 0 Å². The summed E-state index contributed by atoms with van der Waals surface area (Å²) in [7, 11) is 0. The molecule has 0 atom stereocenters. The first-order valence-corrected chi connectivity index (χ1v) is 10.2. The molecule has 0 aliphatic rings. The fourth-order valence-corrected chi connectivity index (χ4v) is 2.99. The van der Waals surface area contributed by atoms with E-state index in [-0.39, 0.29) is 11.7 Å². The molecule has 6 heteroatoms. The lowest BCUT2D eigenvalue weighted by Crippen LogP contribution is -2.48. The van der Waals surface area contributed by atoms with Crippen molar-refractivity contribution in [2.24, 2.45) is 0 Å². The van der Waals surface area contributed by atoms with Crippen molar-refractivity contribution in [1.29, 1.82) is 0 Å². The average molecular weight is 417 g/mol. The Bertz CT molecular complexity index is 813. The zero-order valence-corrected chi connectivity index (χ0v) is 18.3. The quantitative estimate of drug-likeness (QED) is 0.590. The molecule has 5 nitrogen and oxygen atoms in total. The molecule has 156 valence electrons. The maximum atomic E-state index is 12.5. The molecule has 0 spiro atoms. The van der Waals surface area contributed by atoms with Gasteiger partial charge in [-0.15, -0.1) is 0 Å². The van der Waals surface area contributed by atoms with Crippen LogP contribution in [0.25, 0.3) is 0 Å². The van der Waals surface area contributed by atoms with E-state index in [0.29, 0.717) is 28.4 Å².